The van der Waals surface area contributed by atoms with Crippen molar-refractivity contribution in [1.29, 1.82) is 0 Å². The zero-order valence-electron chi connectivity index (χ0n) is 14.2. The average molecular weight is 348 g/mol. The van der Waals surface area contributed by atoms with E-state index in [1.807, 2.05) is 38.1 Å². The van der Waals surface area contributed by atoms with E-state index in [1.54, 1.807) is 12.3 Å². The molecule has 1 fully saturated rings. The summed E-state index contributed by atoms with van der Waals surface area (Å²) in [6.45, 7) is 5.96. The molecule has 0 aliphatic carbocycles. The summed E-state index contributed by atoms with van der Waals surface area (Å²) in [6.07, 6.45) is 3.92. The Labute approximate surface area is 143 Å². The van der Waals surface area contributed by atoms with E-state index >= 15 is 0 Å². The predicted octanol–water partition coefficient (Wildman–Crippen LogP) is 3.01. The third-order valence-corrected chi connectivity index (χ3v) is 6.12. The third kappa shape index (κ3) is 3.71. The first-order valence-corrected chi connectivity index (χ1v) is 9.80. The summed E-state index contributed by atoms with van der Waals surface area (Å²) in [6, 6.07) is 9.17. The summed E-state index contributed by atoms with van der Waals surface area (Å²) >= 11 is 0. The molecule has 2 heterocycles. The van der Waals surface area contributed by atoms with Crippen molar-refractivity contribution in [2.24, 2.45) is 0 Å². The van der Waals surface area contributed by atoms with Gasteiger partial charge >= 0.3 is 0 Å². The molecule has 1 atom stereocenters. The van der Waals surface area contributed by atoms with Gasteiger partial charge in [-0.1, -0.05) is 12.1 Å². The quantitative estimate of drug-likeness (QED) is 0.872. The number of aryl methyl sites for hydroxylation is 2. The molecule has 1 saturated heterocycles. The summed E-state index contributed by atoms with van der Waals surface area (Å²) in [4.78, 5) is 2.63. The van der Waals surface area contributed by atoms with Crippen LogP contribution in [0.2, 0.25) is 0 Å². The number of hydrogen-bond donors (Lipinski definition) is 1. The second-order valence-electron chi connectivity index (χ2n) is 6.40. The van der Waals surface area contributed by atoms with Gasteiger partial charge in [0, 0.05) is 6.54 Å². The lowest BCUT2D eigenvalue weighted by Crippen LogP contribution is -2.36. The minimum Gasteiger partial charge on any atom is -0.468 e. The Morgan fingerprint density at radius 2 is 1.96 bits per heavy atom. The summed E-state index contributed by atoms with van der Waals surface area (Å²) in [5.41, 5.74) is 1.69. The molecule has 0 bridgehead atoms. The van der Waals surface area contributed by atoms with Crippen LogP contribution in [0, 0.1) is 13.8 Å². The molecule has 6 heteroatoms. The van der Waals surface area contributed by atoms with Crippen molar-refractivity contribution < 1.29 is 12.8 Å². The highest BCUT2D eigenvalue weighted by Gasteiger charge is 2.27. The molecule has 0 saturated carbocycles. The van der Waals surface area contributed by atoms with Crippen molar-refractivity contribution in [1.82, 2.24) is 9.62 Å². The normalized spacial score (nSPS) is 17.2. The van der Waals surface area contributed by atoms with Crippen LogP contribution in [0.5, 0.6) is 0 Å². The number of sulfonamides is 1. The fraction of sp³-hybridized carbons (Fsp3) is 0.444. The maximum atomic E-state index is 12.7. The van der Waals surface area contributed by atoms with Crippen LogP contribution in [-0.4, -0.2) is 33.0 Å². The Morgan fingerprint density at radius 3 is 2.62 bits per heavy atom. The van der Waals surface area contributed by atoms with Gasteiger partial charge in [-0.3, -0.25) is 4.90 Å². The fourth-order valence-corrected chi connectivity index (χ4v) is 4.57. The second-order valence-corrected chi connectivity index (χ2v) is 8.13. The van der Waals surface area contributed by atoms with Crippen molar-refractivity contribution in [3.8, 4) is 0 Å². The number of rotatable bonds is 6. The molecule has 24 heavy (non-hydrogen) atoms. The molecule has 130 valence electrons. The lowest BCUT2D eigenvalue weighted by Gasteiger charge is -2.26. The Bertz CT molecular complexity index is 779. The van der Waals surface area contributed by atoms with Gasteiger partial charge < -0.3 is 4.42 Å². The first-order chi connectivity index (χ1) is 11.5. The number of likely N-dealkylation sites (tertiary alicyclic amines) is 1. The monoisotopic (exact) mass is 348 g/mol. The minimum absolute atomic E-state index is 0.0672. The van der Waals surface area contributed by atoms with E-state index < -0.39 is 10.0 Å². The number of nitrogens with one attached hydrogen (secondary N) is 1. The largest absolute Gasteiger partial charge is 0.468 e. The van der Waals surface area contributed by atoms with Crippen molar-refractivity contribution in [2.75, 3.05) is 19.6 Å². The summed E-state index contributed by atoms with van der Waals surface area (Å²) in [5.74, 6) is 0.806. The highest BCUT2D eigenvalue weighted by Crippen LogP contribution is 2.26. The summed E-state index contributed by atoms with van der Waals surface area (Å²) in [5, 5.41) is 0. The van der Waals surface area contributed by atoms with Gasteiger partial charge in [0.05, 0.1) is 17.2 Å². The highest BCUT2D eigenvalue weighted by molar-refractivity contribution is 7.89. The first kappa shape index (κ1) is 17.2. The molecule has 1 N–H and O–H groups in total. The molecule has 1 aliphatic heterocycles. The summed E-state index contributed by atoms with van der Waals surface area (Å²) in [7, 11) is -3.55. The topological polar surface area (TPSA) is 62.6 Å². The third-order valence-electron chi connectivity index (χ3n) is 4.55. The molecule has 0 amide bonds. The molecule has 1 aromatic carbocycles. The average Bonchev–Trinajstić information content (AvgIpc) is 3.23. The maximum absolute atomic E-state index is 12.7. The zero-order valence-corrected chi connectivity index (χ0v) is 15.0. The zero-order chi connectivity index (χ0) is 17.2. The predicted molar refractivity (Wildman–Crippen MR) is 93.4 cm³/mol. The molecule has 0 spiro atoms. The lowest BCUT2D eigenvalue weighted by molar-refractivity contribution is 0.216. The van der Waals surface area contributed by atoms with Gasteiger partial charge in [-0.25, -0.2) is 13.1 Å². The van der Waals surface area contributed by atoms with Gasteiger partial charge in [0.2, 0.25) is 10.0 Å². The van der Waals surface area contributed by atoms with Crippen LogP contribution in [0.4, 0.5) is 0 Å². The van der Waals surface area contributed by atoms with E-state index in [2.05, 4.69) is 9.62 Å². The molecule has 2 aromatic rings. The smallest absolute Gasteiger partial charge is 0.240 e. The molecule has 5 nitrogen and oxygen atoms in total. The lowest BCUT2D eigenvalue weighted by atomic mass is 10.2. The standard InChI is InChI=1S/C18H24N2O3S/c1-14-7-8-15(2)18(12-14)24(21,22)19-13-16(17-6-5-11-23-17)20-9-3-4-10-20/h5-8,11-12,16,19H,3-4,9-10,13H2,1-2H3. The summed E-state index contributed by atoms with van der Waals surface area (Å²) < 4.78 is 33.8. The Balaban J connectivity index is 1.79. The van der Waals surface area contributed by atoms with Gasteiger partial charge in [-0.05, 0) is 69.1 Å². The van der Waals surface area contributed by atoms with E-state index in [0.29, 0.717) is 11.4 Å². The first-order valence-electron chi connectivity index (χ1n) is 8.32. The molecule has 0 radical (unpaired) electrons. The van der Waals surface area contributed by atoms with Crippen LogP contribution in [0.15, 0.2) is 45.9 Å². The molecule has 1 unspecified atom stereocenters. The van der Waals surface area contributed by atoms with Gasteiger partial charge in [-0.2, -0.15) is 0 Å². The van der Waals surface area contributed by atoms with Gasteiger partial charge in [0.25, 0.3) is 0 Å². The number of benzene rings is 1. The van der Waals surface area contributed by atoms with E-state index in [1.165, 1.54) is 0 Å². The van der Waals surface area contributed by atoms with Crippen LogP contribution in [0.25, 0.3) is 0 Å². The second kappa shape index (κ2) is 7.09. The van der Waals surface area contributed by atoms with Crippen molar-refractivity contribution in [3.05, 3.63) is 53.5 Å². The molecule has 1 aliphatic rings. The van der Waals surface area contributed by atoms with Crippen molar-refractivity contribution in [3.63, 3.8) is 0 Å². The minimum atomic E-state index is -3.55. The van der Waals surface area contributed by atoms with E-state index in [-0.39, 0.29) is 6.04 Å². The molecular formula is C18H24N2O3S. The maximum Gasteiger partial charge on any atom is 0.240 e. The molecule has 3 rings (SSSR count). The van der Waals surface area contributed by atoms with E-state index in [9.17, 15) is 8.42 Å². The van der Waals surface area contributed by atoms with Crippen LogP contribution >= 0.6 is 0 Å². The van der Waals surface area contributed by atoms with E-state index in [0.717, 1.165) is 42.8 Å². The highest BCUT2D eigenvalue weighted by atomic mass is 32.2. The Kier molecular flexibility index (Phi) is 5.08. The van der Waals surface area contributed by atoms with Crippen molar-refractivity contribution in [2.45, 2.75) is 37.6 Å². The van der Waals surface area contributed by atoms with Gasteiger partial charge in [-0.15, -0.1) is 0 Å². The number of hydrogen-bond acceptors (Lipinski definition) is 4. The van der Waals surface area contributed by atoms with Crippen LogP contribution < -0.4 is 4.72 Å². The van der Waals surface area contributed by atoms with Gasteiger partial charge in [0.1, 0.15) is 5.76 Å². The number of nitrogens with zero attached hydrogens (tertiary/aromatic N) is 1. The van der Waals surface area contributed by atoms with Crippen molar-refractivity contribution >= 4 is 10.0 Å². The Morgan fingerprint density at radius 1 is 1.21 bits per heavy atom. The molecule has 1 aromatic heterocycles. The number of furan rings is 1. The van der Waals surface area contributed by atoms with Crippen LogP contribution in [-0.2, 0) is 10.0 Å². The SMILES string of the molecule is Cc1ccc(C)c(S(=O)(=O)NCC(c2ccco2)N2CCCC2)c1. The van der Waals surface area contributed by atoms with Gasteiger partial charge in [0.15, 0.2) is 0 Å². The fourth-order valence-electron chi connectivity index (χ4n) is 3.21. The molecular weight excluding hydrogens is 324 g/mol. The van der Waals surface area contributed by atoms with Crippen LogP contribution in [0.3, 0.4) is 0 Å². The van der Waals surface area contributed by atoms with E-state index in [4.69, 9.17) is 4.42 Å². The van der Waals surface area contributed by atoms with Crippen LogP contribution in [0.1, 0.15) is 35.8 Å². The Hall–Kier alpha value is -1.63.